The standard InChI is InChI=1S/C8H11NO.Ru/c9-6-5-7-1-3-8(10)4-2-7;/h1-4,10H,5-6,9H2;. The summed E-state index contributed by atoms with van der Waals surface area (Å²) in [5.41, 5.74) is 6.50. The van der Waals surface area contributed by atoms with Gasteiger partial charge in [-0.2, -0.15) is 0 Å². The van der Waals surface area contributed by atoms with Gasteiger partial charge in [0.15, 0.2) is 0 Å². The minimum Gasteiger partial charge on any atom is -0.508 e. The van der Waals surface area contributed by atoms with Gasteiger partial charge in [0.2, 0.25) is 0 Å². The summed E-state index contributed by atoms with van der Waals surface area (Å²) < 4.78 is 0. The molecular formula is C8H11NORu. The molecule has 0 aromatic heterocycles. The van der Waals surface area contributed by atoms with Gasteiger partial charge in [-0.05, 0) is 30.7 Å². The van der Waals surface area contributed by atoms with E-state index >= 15 is 0 Å². The second-order valence-corrected chi connectivity index (χ2v) is 2.21. The fraction of sp³-hybridized carbons (Fsp3) is 0.250. The summed E-state index contributed by atoms with van der Waals surface area (Å²) in [4.78, 5) is 0. The van der Waals surface area contributed by atoms with E-state index in [1.807, 2.05) is 12.1 Å². The molecule has 0 aliphatic carbocycles. The molecule has 1 aromatic rings. The van der Waals surface area contributed by atoms with Crippen molar-refractivity contribution in [3.8, 4) is 5.75 Å². The third kappa shape index (κ3) is 3.50. The van der Waals surface area contributed by atoms with Crippen molar-refractivity contribution in [1.29, 1.82) is 0 Å². The van der Waals surface area contributed by atoms with Crippen LogP contribution >= 0.6 is 0 Å². The molecule has 0 amide bonds. The summed E-state index contributed by atoms with van der Waals surface area (Å²) in [5.74, 6) is 0.306. The smallest absolute Gasteiger partial charge is 0.115 e. The Morgan fingerprint density at radius 2 is 1.73 bits per heavy atom. The maximum atomic E-state index is 8.89. The predicted molar refractivity (Wildman–Crippen MR) is 40.9 cm³/mol. The van der Waals surface area contributed by atoms with E-state index in [4.69, 9.17) is 10.8 Å². The first-order chi connectivity index (χ1) is 4.83. The van der Waals surface area contributed by atoms with Gasteiger partial charge in [-0.3, -0.25) is 0 Å². The molecule has 0 radical (unpaired) electrons. The monoisotopic (exact) mass is 239 g/mol. The summed E-state index contributed by atoms with van der Waals surface area (Å²) >= 11 is 0. The van der Waals surface area contributed by atoms with Crippen molar-refractivity contribution in [2.45, 2.75) is 6.42 Å². The molecule has 1 aromatic carbocycles. The quantitative estimate of drug-likeness (QED) is 0.752. The van der Waals surface area contributed by atoms with Crippen LogP contribution < -0.4 is 5.73 Å². The zero-order valence-corrected chi connectivity index (χ0v) is 7.84. The molecule has 0 aliphatic rings. The van der Waals surface area contributed by atoms with Crippen LogP contribution in [-0.4, -0.2) is 11.7 Å². The van der Waals surface area contributed by atoms with Gasteiger partial charge in [-0.25, -0.2) is 0 Å². The van der Waals surface area contributed by atoms with Crippen LogP contribution in [0.15, 0.2) is 24.3 Å². The molecular weight excluding hydrogens is 227 g/mol. The fourth-order valence-corrected chi connectivity index (χ4v) is 0.829. The van der Waals surface area contributed by atoms with E-state index in [1.165, 1.54) is 5.56 Å². The van der Waals surface area contributed by atoms with E-state index in [2.05, 4.69) is 0 Å². The van der Waals surface area contributed by atoms with Gasteiger partial charge in [-0.15, -0.1) is 0 Å². The van der Waals surface area contributed by atoms with Gasteiger partial charge in [0.05, 0.1) is 0 Å². The Morgan fingerprint density at radius 3 is 2.18 bits per heavy atom. The van der Waals surface area contributed by atoms with Crippen molar-refractivity contribution in [1.82, 2.24) is 0 Å². The third-order valence-electron chi connectivity index (χ3n) is 1.37. The maximum absolute atomic E-state index is 8.89. The molecule has 0 unspecified atom stereocenters. The number of hydrogen-bond acceptors (Lipinski definition) is 2. The van der Waals surface area contributed by atoms with Crippen molar-refractivity contribution in [3.05, 3.63) is 29.8 Å². The molecule has 0 heterocycles. The molecule has 3 heteroatoms. The van der Waals surface area contributed by atoms with Gasteiger partial charge in [0, 0.05) is 19.5 Å². The Hall–Kier alpha value is -0.397. The van der Waals surface area contributed by atoms with E-state index in [1.54, 1.807) is 12.1 Å². The summed E-state index contributed by atoms with van der Waals surface area (Å²) in [7, 11) is 0. The van der Waals surface area contributed by atoms with Crippen molar-refractivity contribution < 1.29 is 24.6 Å². The van der Waals surface area contributed by atoms with Crippen LogP contribution in [0.4, 0.5) is 0 Å². The summed E-state index contributed by atoms with van der Waals surface area (Å²) in [6, 6.07) is 7.10. The van der Waals surface area contributed by atoms with Crippen LogP contribution in [0.2, 0.25) is 0 Å². The van der Waals surface area contributed by atoms with Gasteiger partial charge in [-0.1, -0.05) is 12.1 Å². The zero-order chi connectivity index (χ0) is 7.40. The molecule has 2 nitrogen and oxygen atoms in total. The second kappa shape index (κ2) is 5.28. The van der Waals surface area contributed by atoms with Gasteiger partial charge >= 0.3 is 0 Å². The van der Waals surface area contributed by atoms with Crippen LogP contribution in [0.5, 0.6) is 5.75 Å². The number of phenols is 1. The van der Waals surface area contributed by atoms with Crippen LogP contribution in [0.3, 0.4) is 0 Å². The van der Waals surface area contributed by atoms with E-state index in [-0.39, 0.29) is 19.5 Å². The predicted octanol–water partition coefficient (Wildman–Crippen LogP) is 0.891. The van der Waals surface area contributed by atoms with Crippen molar-refractivity contribution in [3.63, 3.8) is 0 Å². The first-order valence-electron chi connectivity index (χ1n) is 3.31. The minimum atomic E-state index is 0. The molecule has 0 atom stereocenters. The van der Waals surface area contributed by atoms with Gasteiger partial charge in [0.25, 0.3) is 0 Å². The topological polar surface area (TPSA) is 46.2 Å². The van der Waals surface area contributed by atoms with Gasteiger partial charge < -0.3 is 10.8 Å². The number of hydrogen-bond donors (Lipinski definition) is 2. The molecule has 0 spiro atoms. The number of rotatable bonds is 2. The van der Waals surface area contributed by atoms with Crippen LogP contribution in [0.25, 0.3) is 0 Å². The second-order valence-electron chi connectivity index (χ2n) is 2.21. The minimum absolute atomic E-state index is 0. The molecule has 1 rings (SSSR count). The number of benzene rings is 1. The molecule has 11 heavy (non-hydrogen) atoms. The molecule has 0 saturated heterocycles. The Kier molecular flexibility index (Phi) is 5.09. The van der Waals surface area contributed by atoms with Crippen LogP contribution in [0.1, 0.15) is 5.56 Å². The van der Waals surface area contributed by atoms with E-state index in [9.17, 15) is 0 Å². The molecule has 62 valence electrons. The van der Waals surface area contributed by atoms with E-state index in [0.717, 1.165) is 6.42 Å². The van der Waals surface area contributed by atoms with E-state index in [0.29, 0.717) is 12.3 Å². The van der Waals surface area contributed by atoms with Crippen LogP contribution in [-0.2, 0) is 25.9 Å². The summed E-state index contributed by atoms with van der Waals surface area (Å²) in [6.07, 6.45) is 0.875. The van der Waals surface area contributed by atoms with Crippen molar-refractivity contribution >= 4 is 0 Å². The Morgan fingerprint density at radius 1 is 1.18 bits per heavy atom. The Bertz CT molecular complexity index is 198. The van der Waals surface area contributed by atoms with E-state index < -0.39 is 0 Å². The number of phenolic OH excluding ortho intramolecular Hbond substituents is 1. The molecule has 0 aliphatic heterocycles. The van der Waals surface area contributed by atoms with Crippen molar-refractivity contribution in [2.75, 3.05) is 6.54 Å². The SMILES string of the molecule is NCCc1ccc(O)cc1.[Ru]. The van der Waals surface area contributed by atoms with Gasteiger partial charge in [0.1, 0.15) is 5.75 Å². The van der Waals surface area contributed by atoms with Crippen LogP contribution in [0, 0.1) is 0 Å². The number of nitrogens with two attached hydrogens (primary N) is 1. The average molecular weight is 238 g/mol. The molecule has 3 N–H and O–H groups in total. The first-order valence-corrected chi connectivity index (χ1v) is 3.31. The largest absolute Gasteiger partial charge is 0.508 e. The summed E-state index contributed by atoms with van der Waals surface area (Å²) in [5, 5.41) is 8.89. The number of aromatic hydroxyl groups is 1. The maximum Gasteiger partial charge on any atom is 0.115 e. The molecule has 0 fully saturated rings. The third-order valence-corrected chi connectivity index (χ3v) is 1.37. The fourth-order valence-electron chi connectivity index (χ4n) is 0.829. The normalized spacial score (nSPS) is 8.82. The average Bonchev–Trinajstić information content (AvgIpc) is 1.95. The summed E-state index contributed by atoms with van der Waals surface area (Å²) in [6.45, 7) is 0.658. The Balaban J connectivity index is 0.000001000. The zero-order valence-electron chi connectivity index (χ0n) is 6.10. The van der Waals surface area contributed by atoms with Crippen molar-refractivity contribution in [2.24, 2.45) is 5.73 Å². The molecule has 0 saturated carbocycles. The first kappa shape index (κ1) is 10.6. The Labute approximate surface area is 79.2 Å². The molecule has 0 bridgehead atoms.